The molecule has 0 aliphatic rings. The maximum absolute atomic E-state index is 11.0. The van der Waals surface area contributed by atoms with Crippen LogP contribution in [0.2, 0.25) is 5.02 Å². The molecule has 0 saturated heterocycles. The summed E-state index contributed by atoms with van der Waals surface area (Å²) in [6.07, 6.45) is 2.86. The van der Waals surface area contributed by atoms with Crippen molar-refractivity contribution in [2.45, 2.75) is 19.8 Å². The lowest BCUT2D eigenvalue weighted by Gasteiger charge is -2.11. The summed E-state index contributed by atoms with van der Waals surface area (Å²) in [5.41, 5.74) is 1.66. The molecule has 7 heteroatoms. The van der Waals surface area contributed by atoms with Crippen molar-refractivity contribution in [3.8, 4) is 17.2 Å². The molecule has 0 amide bonds. The highest BCUT2D eigenvalue weighted by Crippen LogP contribution is 2.23. The average Bonchev–Trinajstić information content (AvgIpc) is 3.05. The standard InChI is InChI=1S/C17H15ClN4O2/c1-10(2)13-7-15(22-8-14(17(23)24)19-9-22)21-16(20-13)11-3-5-12(18)6-4-11/h3-10H,1-2H3,(H,23,24). The molecule has 2 aromatic heterocycles. The molecule has 0 unspecified atom stereocenters. The van der Waals surface area contributed by atoms with Crippen molar-refractivity contribution < 1.29 is 9.90 Å². The van der Waals surface area contributed by atoms with Crippen LogP contribution in [0.15, 0.2) is 42.9 Å². The zero-order valence-corrected chi connectivity index (χ0v) is 13.9. The largest absolute Gasteiger partial charge is 0.476 e. The van der Waals surface area contributed by atoms with E-state index in [2.05, 4.69) is 15.0 Å². The van der Waals surface area contributed by atoms with Gasteiger partial charge in [-0.25, -0.2) is 19.7 Å². The lowest BCUT2D eigenvalue weighted by atomic mass is 10.1. The van der Waals surface area contributed by atoms with E-state index in [0.29, 0.717) is 16.7 Å². The highest BCUT2D eigenvalue weighted by atomic mass is 35.5. The quantitative estimate of drug-likeness (QED) is 0.779. The number of aromatic carboxylic acids is 1. The van der Waals surface area contributed by atoms with E-state index in [1.807, 2.05) is 32.0 Å². The molecule has 122 valence electrons. The van der Waals surface area contributed by atoms with Gasteiger partial charge in [0.2, 0.25) is 0 Å². The summed E-state index contributed by atoms with van der Waals surface area (Å²) in [4.78, 5) is 24.0. The minimum atomic E-state index is -1.08. The second-order valence-electron chi connectivity index (χ2n) is 5.61. The van der Waals surface area contributed by atoms with Crippen molar-refractivity contribution in [2.24, 2.45) is 0 Å². The van der Waals surface area contributed by atoms with E-state index in [1.165, 1.54) is 12.5 Å². The summed E-state index contributed by atoms with van der Waals surface area (Å²) in [6.45, 7) is 4.07. The van der Waals surface area contributed by atoms with Crippen LogP contribution in [0.1, 0.15) is 35.9 Å². The number of carboxylic acid groups (broad SMARTS) is 1. The maximum atomic E-state index is 11.0. The lowest BCUT2D eigenvalue weighted by molar-refractivity contribution is 0.0691. The van der Waals surface area contributed by atoms with Gasteiger partial charge in [-0.1, -0.05) is 25.4 Å². The highest BCUT2D eigenvalue weighted by molar-refractivity contribution is 6.30. The van der Waals surface area contributed by atoms with Gasteiger partial charge in [-0.2, -0.15) is 0 Å². The topological polar surface area (TPSA) is 80.9 Å². The predicted octanol–water partition coefficient (Wildman–Crippen LogP) is 3.80. The predicted molar refractivity (Wildman–Crippen MR) is 90.6 cm³/mol. The van der Waals surface area contributed by atoms with Gasteiger partial charge in [-0.3, -0.25) is 4.57 Å². The van der Waals surface area contributed by atoms with Crippen LogP contribution in [-0.2, 0) is 0 Å². The van der Waals surface area contributed by atoms with Gasteiger partial charge in [0, 0.05) is 28.5 Å². The molecule has 0 atom stereocenters. The third-order valence-corrected chi connectivity index (χ3v) is 3.74. The average molecular weight is 343 g/mol. The van der Waals surface area contributed by atoms with Crippen LogP contribution in [-0.4, -0.2) is 30.6 Å². The minimum Gasteiger partial charge on any atom is -0.476 e. The maximum Gasteiger partial charge on any atom is 0.356 e. The molecule has 0 aliphatic heterocycles. The number of nitrogens with zero attached hydrogens (tertiary/aromatic N) is 4. The summed E-state index contributed by atoms with van der Waals surface area (Å²) in [6, 6.07) is 9.09. The van der Waals surface area contributed by atoms with Crippen LogP contribution in [0.25, 0.3) is 17.2 Å². The summed E-state index contributed by atoms with van der Waals surface area (Å²) in [5, 5.41) is 9.66. The van der Waals surface area contributed by atoms with Crippen molar-refractivity contribution >= 4 is 17.6 Å². The Morgan fingerprint density at radius 3 is 2.50 bits per heavy atom. The first kappa shape index (κ1) is 16.1. The Bertz CT molecular complexity index is 888. The third kappa shape index (κ3) is 3.28. The summed E-state index contributed by atoms with van der Waals surface area (Å²) >= 11 is 5.93. The normalized spacial score (nSPS) is 11.0. The van der Waals surface area contributed by atoms with Crippen molar-refractivity contribution in [3.63, 3.8) is 0 Å². The van der Waals surface area contributed by atoms with Gasteiger partial charge in [0.1, 0.15) is 12.1 Å². The molecule has 1 aromatic carbocycles. The molecular weight excluding hydrogens is 328 g/mol. The molecule has 1 N–H and O–H groups in total. The van der Waals surface area contributed by atoms with Crippen LogP contribution >= 0.6 is 11.6 Å². The molecule has 0 bridgehead atoms. The van der Waals surface area contributed by atoms with E-state index in [4.69, 9.17) is 16.7 Å². The second-order valence-corrected chi connectivity index (χ2v) is 6.04. The van der Waals surface area contributed by atoms with Crippen molar-refractivity contribution in [1.29, 1.82) is 0 Å². The third-order valence-electron chi connectivity index (χ3n) is 3.49. The molecule has 24 heavy (non-hydrogen) atoms. The molecule has 0 radical (unpaired) electrons. The van der Waals surface area contributed by atoms with E-state index in [-0.39, 0.29) is 11.6 Å². The van der Waals surface area contributed by atoms with E-state index in [1.54, 1.807) is 16.7 Å². The Labute approximate surface area is 143 Å². The minimum absolute atomic E-state index is 0.0345. The van der Waals surface area contributed by atoms with Gasteiger partial charge >= 0.3 is 5.97 Å². The molecule has 6 nitrogen and oxygen atoms in total. The van der Waals surface area contributed by atoms with Crippen LogP contribution in [0.4, 0.5) is 0 Å². The van der Waals surface area contributed by atoms with Gasteiger partial charge in [-0.05, 0) is 30.2 Å². The zero-order valence-electron chi connectivity index (χ0n) is 13.1. The van der Waals surface area contributed by atoms with Gasteiger partial charge in [0.25, 0.3) is 0 Å². The van der Waals surface area contributed by atoms with Crippen LogP contribution < -0.4 is 0 Å². The van der Waals surface area contributed by atoms with E-state index >= 15 is 0 Å². The van der Waals surface area contributed by atoms with E-state index in [9.17, 15) is 4.79 Å². The number of benzene rings is 1. The fraction of sp³-hybridized carbons (Fsp3) is 0.176. The number of hydrogen-bond donors (Lipinski definition) is 1. The van der Waals surface area contributed by atoms with Crippen molar-refractivity contribution in [3.05, 3.63) is 59.3 Å². The molecule has 3 rings (SSSR count). The SMILES string of the molecule is CC(C)c1cc(-n2cnc(C(=O)O)c2)nc(-c2ccc(Cl)cc2)n1. The van der Waals surface area contributed by atoms with Gasteiger partial charge in [0.05, 0.1) is 0 Å². The Morgan fingerprint density at radius 1 is 1.21 bits per heavy atom. The van der Waals surface area contributed by atoms with E-state index in [0.717, 1.165) is 11.3 Å². The number of aromatic nitrogens is 4. The van der Waals surface area contributed by atoms with Crippen LogP contribution in [0.3, 0.4) is 0 Å². The smallest absolute Gasteiger partial charge is 0.356 e. The molecule has 0 fully saturated rings. The first-order valence-corrected chi connectivity index (χ1v) is 7.74. The summed E-state index contributed by atoms with van der Waals surface area (Å²) in [5.74, 6) is 0.238. The lowest BCUT2D eigenvalue weighted by Crippen LogP contribution is -2.04. The van der Waals surface area contributed by atoms with Gasteiger partial charge < -0.3 is 5.11 Å². The fourth-order valence-corrected chi connectivity index (χ4v) is 2.29. The summed E-state index contributed by atoms with van der Waals surface area (Å²) < 4.78 is 1.58. The molecule has 0 aliphatic carbocycles. The monoisotopic (exact) mass is 342 g/mol. The first-order chi connectivity index (χ1) is 11.4. The molecule has 3 aromatic rings. The van der Waals surface area contributed by atoms with Gasteiger partial charge in [-0.15, -0.1) is 0 Å². The van der Waals surface area contributed by atoms with E-state index < -0.39 is 5.97 Å². The Morgan fingerprint density at radius 2 is 1.92 bits per heavy atom. The zero-order chi connectivity index (χ0) is 17.3. The number of carbonyl (C=O) groups is 1. The summed E-state index contributed by atoms with van der Waals surface area (Å²) in [7, 11) is 0. The second kappa shape index (κ2) is 6.41. The molecule has 2 heterocycles. The van der Waals surface area contributed by atoms with Gasteiger partial charge in [0.15, 0.2) is 11.5 Å². The Balaban J connectivity index is 2.11. The number of halogens is 1. The number of rotatable bonds is 4. The fourth-order valence-electron chi connectivity index (χ4n) is 2.17. The molecule has 0 spiro atoms. The molecular formula is C17H15ClN4O2. The number of hydrogen-bond acceptors (Lipinski definition) is 4. The number of carboxylic acids is 1. The van der Waals surface area contributed by atoms with Crippen molar-refractivity contribution in [1.82, 2.24) is 19.5 Å². The van der Waals surface area contributed by atoms with Crippen molar-refractivity contribution in [2.75, 3.05) is 0 Å². The highest BCUT2D eigenvalue weighted by Gasteiger charge is 2.13. The molecule has 0 saturated carbocycles. The Hall–Kier alpha value is -2.73. The first-order valence-electron chi connectivity index (χ1n) is 7.36. The van der Waals surface area contributed by atoms with Crippen LogP contribution in [0.5, 0.6) is 0 Å². The number of imidazole rings is 1. The van der Waals surface area contributed by atoms with Crippen LogP contribution in [0, 0.1) is 0 Å². The Kier molecular flexibility index (Phi) is 4.31.